The van der Waals surface area contributed by atoms with Gasteiger partial charge in [0.05, 0.1) is 0 Å². The summed E-state index contributed by atoms with van der Waals surface area (Å²) >= 11 is 5.44. The van der Waals surface area contributed by atoms with Gasteiger partial charge in [0.1, 0.15) is 12.1 Å². The van der Waals surface area contributed by atoms with Crippen molar-refractivity contribution in [3.8, 4) is 0 Å². The highest BCUT2D eigenvalue weighted by atomic mass is 35.5. The van der Waals surface area contributed by atoms with Crippen molar-refractivity contribution in [1.82, 2.24) is 25.8 Å². The van der Waals surface area contributed by atoms with Crippen LogP contribution in [0.5, 0.6) is 0 Å². The van der Waals surface area contributed by atoms with E-state index in [0.717, 1.165) is 46.6 Å². The van der Waals surface area contributed by atoms with Crippen LogP contribution in [0.1, 0.15) is 50.2 Å². The predicted molar refractivity (Wildman–Crippen MR) is 159 cm³/mol. The summed E-state index contributed by atoms with van der Waals surface area (Å²) in [7, 11) is 0. The molecule has 4 rings (SSSR count). The number of aliphatic imine (C=N–C) groups is 1. The van der Waals surface area contributed by atoms with E-state index >= 15 is 0 Å². The number of benzene rings is 2. The molecule has 1 unspecified atom stereocenters. The van der Waals surface area contributed by atoms with Crippen LogP contribution < -0.4 is 26.5 Å². The maximum Gasteiger partial charge on any atom is 0.246 e. The molecule has 4 bridgehead atoms. The van der Waals surface area contributed by atoms with Crippen molar-refractivity contribution < 1.29 is 14.4 Å². The SMILES string of the molecule is C=C1CCCCc2ccc3[nH]c4ccc(cc4c3c2)CC(NC(C)=O)C(=O)N[C@@H](CCCN=C(N)NCl)C(=O)N1. The summed E-state index contributed by atoms with van der Waals surface area (Å²) in [5.41, 5.74) is 10.3. The minimum atomic E-state index is -0.873. The van der Waals surface area contributed by atoms with E-state index < -0.39 is 18.0 Å². The van der Waals surface area contributed by atoms with Crippen LogP contribution in [-0.2, 0) is 27.2 Å². The lowest BCUT2D eigenvalue weighted by Gasteiger charge is -2.23. The van der Waals surface area contributed by atoms with E-state index in [4.69, 9.17) is 17.5 Å². The van der Waals surface area contributed by atoms with Crippen molar-refractivity contribution >= 4 is 57.3 Å². The number of halogens is 1. The van der Waals surface area contributed by atoms with Crippen LogP contribution in [0, 0.1) is 0 Å². The third kappa shape index (κ3) is 7.53. The Labute approximate surface area is 238 Å². The summed E-state index contributed by atoms with van der Waals surface area (Å²) in [5, 5.41) is 10.6. The van der Waals surface area contributed by atoms with Crippen LogP contribution in [0.2, 0.25) is 0 Å². The minimum absolute atomic E-state index is 0.0711. The smallest absolute Gasteiger partial charge is 0.246 e. The van der Waals surface area contributed by atoms with Crippen LogP contribution in [0.15, 0.2) is 53.7 Å². The Hall–Kier alpha value is -4.05. The van der Waals surface area contributed by atoms with Crippen LogP contribution >= 0.6 is 11.8 Å². The van der Waals surface area contributed by atoms with E-state index in [9.17, 15) is 14.4 Å². The maximum absolute atomic E-state index is 13.5. The molecule has 1 aliphatic rings. The molecule has 0 spiro atoms. The number of allylic oxidation sites excluding steroid dienone is 1. The van der Waals surface area contributed by atoms with Gasteiger partial charge in [0.2, 0.25) is 23.7 Å². The topological polar surface area (TPSA) is 154 Å². The Kier molecular flexibility index (Phi) is 9.65. The van der Waals surface area contributed by atoms with Gasteiger partial charge in [-0.25, -0.2) is 0 Å². The Balaban J connectivity index is 1.64. The van der Waals surface area contributed by atoms with E-state index in [1.165, 1.54) is 12.5 Å². The number of guanidine groups is 1. The van der Waals surface area contributed by atoms with Gasteiger partial charge in [-0.1, -0.05) is 18.7 Å². The molecule has 0 aliphatic carbocycles. The zero-order chi connectivity index (χ0) is 28.6. The van der Waals surface area contributed by atoms with E-state index in [2.05, 4.69) is 61.6 Å². The molecule has 212 valence electrons. The third-order valence-corrected chi connectivity index (χ3v) is 7.21. The summed E-state index contributed by atoms with van der Waals surface area (Å²) in [5.74, 6) is -1.08. The highest BCUT2D eigenvalue weighted by Crippen LogP contribution is 2.28. The van der Waals surface area contributed by atoms with Crippen LogP contribution in [-0.4, -0.2) is 47.3 Å². The first kappa shape index (κ1) is 28.9. The fourth-order valence-corrected chi connectivity index (χ4v) is 5.08. The van der Waals surface area contributed by atoms with Gasteiger partial charge in [-0.3, -0.25) is 24.2 Å². The van der Waals surface area contributed by atoms with Gasteiger partial charge in [-0.15, -0.1) is 0 Å². The lowest BCUT2D eigenvalue weighted by Crippen LogP contribution is -2.54. The number of carbonyl (C=O) groups is 3. The van der Waals surface area contributed by atoms with Gasteiger partial charge < -0.3 is 26.7 Å². The summed E-state index contributed by atoms with van der Waals surface area (Å²) < 4.78 is 0. The highest BCUT2D eigenvalue weighted by molar-refractivity contribution is 6.21. The number of carbonyl (C=O) groups excluding carboxylic acids is 3. The molecule has 0 saturated carbocycles. The molecule has 2 heterocycles. The molecule has 0 radical (unpaired) electrons. The number of nitrogens with one attached hydrogen (secondary N) is 5. The fourth-order valence-electron chi connectivity index (χ4n) is 5.02. The van der Waals surface area contributed by atoms with Crippen LogP contribution in [0.25, 0.3) is 21.8 Å². The van der Waals surface area contributed by atoms with E-state index in [1.807, 2.05) is 12.1 Å². The molecule has 1 aliphatic heterocycles. The van der Waals surface area contributed by atoms with Crippen molar-refractivity contribution in [2.24, 2.45) is 10.7 Å². The maximum atomic E-state index is 13.5. The number of amides is 3. The number of fused-ring (bicyclic) bond motifs is 2. The number of aromatic amines is 1. The van der Waals surface area contributed by atoms with Crippen molar-refractivity contribution in [3.63, 3.8) is 0 Å². The number of aromatic nitrogens is 1. The molecule has 0 saturated heterocycles. The van der Waals surface area contributed by atoms with Crippen molar-refractivity contribution in [1.29, 1.82) is 0 Å². The molecular formula is C29H36ClN7O3. The third-order valence-electron chi connectivity index (χ3n) is 7.02. The largest absolute Gasteiger partial charge is 0.369 e. The lowest BCUT2D eigenvalue weighted by atomic mass is 10.00. The van der Waals surface area contributed by atoms with Gasteiger partial charge in [0.25, 0.3) is 0 Å². The van der Waals surface area contributed by atoms with Crippen LogP contribution in [0.3, 0.4) is 0 Å². The molecule has 11 heteroatoms. The van der Waals surface area contributed by atoms with Gasteiger partial charge in [-0.2, -0.15) is 0 Å². The van der Waals surface area contributed by atoms with E-state index in [0.29, 0.717) is 31.5 Å². The molecule has 3 amide bonds. The molecular weight excluding hydrogens is 530 g/mol. The fraction of sp³-hybridized carbons (Fsp3) is 0.379. The van der Waals surface area contributed by atoms with Gasteiger partial charge >= 0.3 is 0 Å². The standard InChI is InChI=1S/C29H36ClN7O3/c1-17-6-3-4-7-19-9-11-23-21(14-19)22-15-20(10-12-24(22)35-23)16-26(34-18(2)38)28(40)36-25(27(39)33-17)8-5-13-32-29(31)37-30/h9-12,14-15,25-26,35H,1,3-8,13,16H2,2H3,(H,33,39)(H,34,38)(H,36,40)(H3,31,32,37)/t25-,26?/m0/s1. The molecule has 40 heavy (non-hydrogen) atoms. The van der Waals surface area contributed by atoms with Gasteiger partial charge in [-0.05, 0) is 73.9 Å². The Bertz CT molecular complexity index is 1450. The number of nitrogens with two attached hydrogens (primary N) is 1. The number of rotatable bonds is 5. The first-order chi connectivity index (χ1) is 19.2. The first-order valence-corrected chi connectivity index (χ1v) is 13.9. The number of hydrogen-bond donors (Lipinski definition) is 6. The number of H-pyrrole nitrogens is 1. The van der Waals surface area contributed by atoms with E-state index in [-0.39, 0.29) is 24.2 Å². The number of aryl methyl sites for hydroxylation is 1. The zero-order valence-electron chi connectivity index (χ0n) is 22.6. The quantitative estimate of drug-likeness (QED) is 0.121. The second-order valence-corrected chi connectivity index (χ2v) is 10.4. The highest BCUT2D eigenvalue weighted by Gasteiger charge is 2.27. The second-order valence-electron chi connectivity index (χ2n) is 10.2. The molecule has 2 aromatic carbocycles. The molecule has 0 fully saturated rings. The zero-order valence-corrected chi connectivity index (χ0v) is 23.4. The molecule has 3 aromatic rings. The van der Waals surface area contributed by atoms with Gasteiger partial charge in [0, 0.05) is 59.2 Å². The second kappa shape index (κ2) is 13.3. The lowest BCUT2D eigenvalue weighted by molar-refractivity contribution is -0.131. The molecule has 10 nitrogen and oxygen atoms in total. The van der Waals surface area contributed by atoms with E-state index in [1.54, 1.807) is 0 Å². The number of nitrogens with zero attached hydrogens (tertiary/aromatic N) is 1. The van der Waals surface area contributed by atoms with Crippen LogP contribution in [0.4, 0.5) is 0 Å². The average molecular weight is 566 g/mol. The normalized spacial score (nSPS) is 19.4. The Morgan fingerprint density at radius 1 is 1.07 bits per heavy atom. The summed E-state index contributed by atoms with van der Waals surface area (Å²) in [4.78, 5) is 48.5. The number of hydrogen-bond acceptors (Lipinski definition) is 4. The monoisotopic (exact) mass is 565 g/mol. The van der Waals surface area contributed by atoms with Crippen molar-refractivity contribution in [2.75, 3.05) is 6.54 Å². The average Bonchev–Trinajstić information content (AvgIpc) is 3.28. The summed E-state index contributed by atoms with van der Waals surface area (Å²) in [6, 6.07) is 10.7. The predicted octanol–water partition coefficient (Wildman–Crippen LogP) is 3.05. The summed E-state index contributed by atoms with van der Waals surface area (Å²) in [6.45, 7) is 5.70. The minimum Gasteiger partial charge on any atom is -0.369 e. The Morgan fingerprint density at radius 3 is 2.45 bits per heavy atom. The molecule has 2 atom stereocenters. The van der Waals surface area contributed by atoms with Gasteiger partial charge in [0.15, 0.2) is 0 Å². The Morgan fingerprint density at radius 2 is 1.75 bits per heavy atom. The molecule has 1 aromatic heterocycles. The molecule has 7 N–H and O–H groups in total. The van der Waals surface area contributed by atoms with Crippen molar-refractivity contribution in [3.05, 3.63) is 59.8 Å². The first-order valence-electron chi connectivity index (χ1n) is 13.5. The van der Waals surface area contributed by atoms with Crippen molar-refractivity contribution in [2.45, 2.75) is 64.0 Å². The summed E-state index contributed by atoms with van der Waals surface area (Å²) in [6.07, 6.45) is 4.37.